The normalized spacial score (nSPS) is 23.0. The van der Waals surface area contributed by atoms with Crippen molar-refractivity contribution in [1.82, 2.24) is 19.9 Å². The quantitative estimate of drug-likeness (QED) is 0.686. The highest BCUT2D eigenvalue weighted by atomic mass is 32.2. The minimum atomic E-state index is 0.0825. The Morgan fingerprint density at radius 1 is 1.26 bits per heavy atom. The zero-order chi connectivity index (χ0) is 19.0. The molecule has 1 N–H and O–H groups in total. The second-order valence-corrected chi connectivity index (χ2v) is 8.69. The Morgan fingerprint density at radius 3 is 2.93 bits per heavy atom. The molecular formula is C21H26N4OS. The van der Waals surface area contributed by atoms with E-state index in [1.807, 2.05) is 22.6 Å². The number of thioether (sulfide) groups is 1. The van der Waals surface area contributed by atoms with Crippen molar-refractivity contribution in [2.75, 3.05) is 5.75 Å². The zero-order valence-electron chi connectivity index (χ0n) is 16.1. The summed E-state index contributed by atoms with van der Waals surface area (Å²) in [7, 11) is 0. The fraction of sp³-hybridized carbons (Fsp3) is 0.476. The number of nitrogens with one attached hydrogen (secondary N) is 1. The third-order valence-electron chi connectivity index (χ3n) is 5.96. The first-order valence-electron chi connectivity index (χ1n) is 9.70. The summed E-state index contributed by atoms with van der Waals surface area (Å²) in [4.78, 5) is 12.5. The Bertz CT molecular complexity index is 983. The predicted molar refractivity (Wildman–Crippen MR) is 110 cm³/mol. The van der Waals surface area contributed by atoms with Gasteiger partial charge >= 0.3 is 0 Å². The molecule has 1 aliphatic rings. The fourth-order valence-electron chi connectivity index (χ4n) is 4.13. The molecule has 0 aliphatic heterocycles. The minimum absolute atomic E-state index is 0.0825. The number of aryl methyl sites for hydroxylation is 1. The molecule has 3 aromatic rings. The standard InChI is InChI=1S/C21H26N4OS/c1-13-7-6-9-17(15(13)3)22-20(26)12-27-21-24-23-19-11-14(2)16-8-4-5-10-18(16)25(19)21/h4-5,8,10-11,13,15,17H,6-7,9,12H2,1-3H3,(H,22,26)/t13-,15+,17-/m1/s1. The van der Waals surface area contributed by atoms with Gasteiger partial charge in [0.15, 0.2) is 10.8 Å². The molecule has 4 rings (SSSR count). The van der Waals surface area contributed by atoms with E-state index in [-0.39, 0.29) is 5.91 Å². The van der Waals surface area contributed by atoms with E-state index in [2.05, 4.69) is 48.4 Å². The molecule has 2 aromatic heterocycles. The molecule has 1 aromatic carbocycles. The molecule has 1 saturated carbocycles. The van der Waals surface area contributed by atoms with Crippen molar-refractivity contribution in [1.29, 1.82) is 0 Å². The van der Waals surface area contributed by atoms with E-state index in [0.717, 1.165) is 22.7 Å². The summed E-state index contributed by atoms with van der Waals surface area (Å²) >= 11 is 1.45. The molecule has 6 heteroatoms. The van der Waals surface area contributed by atoms with E-state index in [1.165, 1.54) is 35.6 Å². The van der Waals surface area contributed by atoms with Crippen LogP contribution in [0, 0.1) is 18.8 Å². The summed E-state index contributed by atoms with van der Waals surface area (Å²) in [6.45, 7) is 6.62. The van der Waals surface area contributed by atoms with Crippen molar-refractivity contribution in [3.63, 3.8) is 0 Å². The number of hydrogen-bond donors (Lipinski definition) is 1. The maximum Gasteiger partial charge on any atom is 0.230 e. The Hall–Kier alpha value is -2.08. The summed E-state index contributed by atoms with van der Waals surface area (Å²) in [5.41, 5.74) is 3.08. The first-order valence-corrected chi connectivity index (χ1v) is 10.7. The highest BCUT2D eigenvalue weighted by Crippen LogP contribution is 2.30. The van der Waals surface area contributed by atoms with Gasteiger partial charge in [-0.05, 0) is 42.9 Å². The molecule has 0 spiro atoms. The number of carbonyl (C=O) groups excluding carboxylic acids is 1. The molecule has 2 heterocycles. The van der Waals surface area contributed by atoms with Crippen LogP contribution in [0.15, 0.2) is 35.5 Å². The molecule has 0 radical (unpaired) electrons. The molecule has 1 fully saturated rings. The number of fused-ring (bicyclic) bond motifs is 3. The van der Waals surface area contributed by atoms with Gasteiger partial charge in [0.05, 0.1) is 11.3 Å². The number of nitrogens with zero attached hydrogens (tertiary/aromatic N) is 3. The van der Waals surface area contributed by atoms with E-state index >= 15 is 0 Å². The number of amides is 1. The van der Waals surface area contributed by atoms with Crippen molar-refractivity contribution in [2.24, 2.45) is 11.8 Å². The van der Waals surface area contributed by atoms with Gasteiger partial charge in [-0.25, -0.2) is 0 Å². The van der Waals surface area contributed by atoms with Crippen LogP contribution in [0.4, 0.5) is 0 Å². The molecule has 142 valence electrons. The Kier molecular flexibility index (Phi) is 5.08. The largest absolute Gasteiger partial charge is 0.352 e. The van der Waals surface area contributed by atoms with Crippen LogP contribution in [0.1, 0.15) is 38.7 Å². The lowest BCUT2D eigenvalue weighted by atomic mass is 9.78. The van der Waals surface area contributed by atoms with Crippen molar-refractivity contribution >= 4 is 34.2 Å². The molecule has 3 atom stereocenters. The highest BCUT2D eigenvalue weighted by molar-refractivity contribution is 7.99. The first-order chi connectivity index (χ1) is 13.0. The number of hydrogen-bond acceptors (Lipinski definition) is 4. The molecule has 27 heavy (non-hydrogen) atoms. The smallest absolute Gasteiger partial charge is 0.230 e. The van der Waals surface area contributed by atoms with Gasteiger partial charge in [-0.15, -0.1) is 10.2 Å². The summed E-state index contributed by atoms with van der Waals surface area (Å²) in [6.07, 6.45) is 3.55. The van der Waals surface area contributed by atoms with E-state index in [0.29, 0.717) is 23.6 Å². The number of carbonyl (C=O) groups is 1. The van der Waals surface area contributed by atoms with E-state index in [4.69, 9.17) is 0 Å². The van der Waals surface area contributed by atoms with Crippen LogP contribution in [-0.4, -0.2) is 32.3 Å². The summed E-state index contributed by atoms with van der Waals surface area (Å²) < 4.78 is 2.05. The number of rotatable bonds is 4. The number of pyridine rings is 1. The van der Waals surface area contributed by atoms with Crippen molar-refractivity contribution in [2.45, 2.75) is 51.2 Å². The van der Waals surface area contributed by atoms with Crippen LogP contribution < -0.4 is 5.32 Å². The number of aromatic nitrogens is 3. The van der Waals surface area contributed by atoms with Gasteiger partial charge in [-0.2, -0.15) is 0 Å². The lowest BCUT2D eigenvalue weighted by molar-refractivity contribution is -0.120. The van der Waals surface area contributed by atoms with Crippen LogP contribution in [0.25, 0.3) is 16.6 Å². The SMILES string of the molecule is Cc1cc2nnc(SCC(=O)N[C@@H]3CCC[C@@H](C)[C@@H]3C)n2c2ccccc12. The third-order valence-corrected chi connectivity index (χ3v) is 6.89. The summed E-state index contributed by atoms with van der Waals surface area (Å²) in [5.74, 6) is 1.65. The van der Waals surface area contributed by atoms with E-state index in [1.54, 1.807) is 0 Å². The molecule has 5 nitrogen and oxygen atoms in total. The molecule has 1 amide bonds. The fourth-order valence-corrected chi connectivity index (χ4v) is 4.90. The van der Waals surface area contributed by atoms with E-state index in [9.17, 15) is 4.79 Å². The van der Waals surface area contributed by atoms with Crippen molar-refractivity contribution < 1.29 is 4.79 Å². The van der Waals surface area contributed by atoms with Gasteiger partial charge in [0.2, 0.25) is 5.91 Å². The summed E-state index contributed by atoms with van der Waals surface area (Å²) in [6, 6.07) is 10.6. The van der Waals surface area contributed by atoms with Gasteiger partial charge < -0.3 is 5.32 Å². The van der Waals surface area contributed by atoms with E-state index < -0.39 is 0 Å². The Labute approximate surface area is 163 Å². The second-order valence-electron chi connectivity index (χ2n) is 7.75. The van der Waals surface area contributed by atoms with Crippen LogP contribution in [0.3, 0.4) is 0 Å². The Morgan fingerprint density at radius 2 is 2.07 bits per heavy atom. The molecule has 0 bridgehead atoms. The molecular weight excluding hydrogens is 356 g/mol. The van der Waals surface area contributed by atoms with Crippen molar-refractivity contribution in [3.8, 4) is 0 Å². The minimum Gasteiger partial charge on any atom is -0.352 e. The van der Waals surface area contributed by atoms with Gasteiger partial charge in [0.25, 0.3) is 0 Å². The lowest BCUT2D eigenvalue weighted by Gasteiger charge is -2.34. The van der Waals surface area contributed by atoms with Crippen LogP contribution >= 0.6 is 11.8 Å². The maximum atomic E-state index is 12.5. The summed E-state index contributed by atoms with van der Waals surface area (Å²) in [5, 5.41) is 13.8. The highest BCUT2D eigenvalue weighted by Gasteiger charge is 2.28. The average Bonchev–Trinajstić information content (AvgIpc) is 3.07. The number of para-hydroxylation sites is 1. The van der Waals surface area contributed by atoms with Crippen LogP contribution in [0.5, 0.6) is 0 Å². The molecule has 0 unspecified atom stereocenters. The van der Waals surface area contributed by atoms with Crippen molar-refractivity contribution in [3.05, 3.63) is 35.9 Å². The number of benzene rings is 1. The van der Waals surface area contributed by atoms with Gasteiger partial charge in [-0.1, -0.05) is 56.7 Å². The van der Waals surface area contributed by atoms with Gasteiger partial charge in [0, 0.05) is 11.4 Å². The van der Waals surface area contributed by atoms with Crippen LogP contribution in [-0.2, 0) is 4.79 Å². The van der Waals surface area contributed by atoms with Crippen LogP contribution in [0.2, 0.25) is 0 Å². The van der Waals surface area contributed by atoms with Gasteiger partial charge in [0.1, 0.15) is 0 Å². The van der Waals surface area contributed by atoms with Gasteiger partial charge in [-0.3, -0.25) is 9.20 Å². The topological polar surface area (TPSA) is 59.3 Å². The third kappa shape index (κ3) is 3.55. The second kappa shape index (κ2) is 7.50. The monoisotopic (exact) mass is 382 g/mol. The lowest BCUT2D eigenvalue weighted by Crippen LogP contribution is -2.44. The maximum absolute atomic E-state index is 12.5. The molecule has 0 saturated heterocycles. The Balaban J connectivity index is 1.51. The predicted octanol–water partition coefficient (Wildman–Crippen LogP) is 4.22. The molecule has 1 aliphatic carbocycles. The zero-order valence-corrected chi connectivity index (χ0v) is 16.9. The average molecular weight is 383 g/mol. The first kappa shape index (κ1) is 18.3.